The Balaban J connectivity index is 2.38. The monoisotopic (exact) mass is 342 g/mol. The lowest BCUT2D eigenvalue weighted by atomic mass is 9.98. The molecule has 0 bridgehead atoms. The van der Waals surface area contributed by atoms with Crippen LogP contribution in [-0.4, -0.2) is 26.3 Å². The van der Waals surface area contributed by atoms with Crippen molar-refractivity contribution in [1.29, 1.82) is 0 Å². The van der Waals surface area contributed by atoms with Crippen LogP contribution in [0.3, 0.4) is 0 Å². The molecule has 0 unspecified atom stereocenters. The number of ether oxygens (including phenoxy) is 3. The predicted molar refractivity (Wildman–Crippen MR) is 90.7 cm³/mol. The van der Waals surface area contributed by atoms with Crippen LogP contribution >= 0.6 is 0 Å². The summed E-state index contributed by atoms with van der Waals surface area (Å²) in [5.74, 6) is 4.35. The molecule has 0 N–H and O–H groups in total. The van der Waals surface area contributed by atoms with Crippen LogP contribution in [0.1, 0.15) is 29.5 Å². The molecule has 1 atom stereocenters. The third-order valence-corrected chi connectivity index (χ3v) is 3.67. The Morgan fingerprint density at radius 3 is 2.60 bits per heavy atom. The Morgan fingerprint density at radius 1 is 1.32 bits per heavy atom. The van der Waals surface area contributed by atoms with Crippen molar-refractivity contribution in [2.45, 2.75) is 18.9 Å². The van der Waals surface area contributed by atoms with E-state index >= 15 is 0 Å². The summed E-state index contributed by atoms with van der Waals surface area (Å²) in [5.41, 5.74) is 10.1. The lowest BCUT2D eigenvalue weighted by Crippen LogP contribution is -2.04. The van der Waals surface area contributed by atoms with Crippen LogP contribution in [-0.2, 0) is 6.42 Å². The predicted octanol–water partition coefficient (Wildman–Crippen LogP) is 3.67. The van der Waals surface area contributed by atoms with Gasteiger partial charge in [-0.1, -0.05) is 11.0 Å². The summed E-state index contributed by atoms with van der Waals surface area (Å²) in [6.45, 7) is 0. The molecule has 0 aliphatic rings. The second kappa shape index (κ2) is 8.52. The Morgan fingerprint density at radius 2 is 2.08 bits per heavy atom. The topological polar surface area (TPSA) is 102 Å². The first kappa shape index (κ1) is 18.0. The fraction of sp³-hybridized carbons (Fsp3) is 0.353. The van der Waals surface area contributed by atoms with Gasteiger partial charge in [-0.3, -0.25) is 0 Å². The first-order valence-corrected chi connectivity index (χ1v) is 7.42. The van der Waals surface area contributed by atoms with Crippen molar-refractivity contribution in [2.24, 2.45) is 5.11 Å². The van der Waals surface area contributed by atoms with E-state index in [1.54, 1.807) is 6.07 Å². The van der Waals surface area contributed by atoms with Crippen LogP contribution in [0.15, 0.2) is 28.1 Å². The number of methoxy groups -OCH3 is 3. The molecule has 0 spiro atoms. The molecule has 2 rings (SSSR count). The first-order valence-electron chi connectivity index (χ1n) is 7.42. The van der Waals surface area contributed by atoms with E-state index in [9.17, 15) is 0 Å². The number of benzene rings is 1. The number of aromatic nitrogens is 1. The maximum absolute atomic E-state index is 8.77. The van der Waals surface area contributed by atoms with Crippen molar-refractivity contribution in [3.8, 4) is 29.6 Å². The Hall–Kier alpha value is -3.30. The van der Waals surface area contributed by atoms with Gasteiger partial charge >= 0.3 is 0 Å². The molecule has 1 aromatic heterocycles. The maximum Gasteiger partial charge on any atom is 0.204 e. The van der Waals surface area contributed by atoms with E-state index < -0.39 is 6.04 Å². The quantitative estimate of drug-likeness (QED) is 0.315. The van der Waals surface area contributed by atoms with Crippen LogP contribution in [0.2, 0.25) is 0 Å². The van der Waals surface area contributed by atoms with E-state index in [0.29, 0.717) is 41.5 Å². The zero-order valence-electron chi connectivity index (χ0n) is 14.2. The van der Waals surface area contributed by atoms with Crippen molar-refractivity contribution < 1.29 is 18.6 Å². The van der Waals surface area contributed by atoms with Gasteiger partial charge in [0.2, 0.25) is 11.6 Å². The van der Waals surface area contributed by atoms with Crippen molar-refractivity contribution in [3.05, 3.63) is 46.0 Å². The molecular weight excluding hydrogens is 324 g/mol. The molecule has 0 aliphatic heterocycles. The number of nitrogens with zero attached hydrogens (tertiary/aromatic N) is 4. The summed E-state index contributed by atoms with van der Waals surface area (Å²) < 4.78 is 21.3. The molecule has 0 amide bonds. The third kappa shape index (κ3) is 3.79. The number of terminal acetylenes is 1. The van der Waals surface area contributed by atoms with Crippen molar-refractivity contribution in [2.75, 3.05) is 21.3 Å². The minimum atomic E-state index is -0.537. The molecule has 0 saturated heterocycles. The van der Waals surface area contributed by atoms with Gasteiger partial charge in [0, 0.05) is 4.91 Å². The van der Waals surface area contributed by atoms with Gasteiger partial charge in [0.05, 0.1) is 33.1 Å². The van der Waals surface area contributed by atoms with E-state index in [2.05, 4.69) is 20.9 Å². The van der Waals surface area contributed by atoms with Crippen molar-refractivity contribution >= 4 is 0 Å². The summed E-state index contributed by atoms with van der Waals surface area (Å²) in [6.07, 6.45) is 9.55. The number of oxazole rings is 1. The molecule has 0 saturated carbocycles. The number of azide groups is 1. The van der Waals surface area contributed by atoms with E-state index in [0.717, 1.165) is 5.56 Å². The molecule has 0 aliphatic carbocycles. The standard InChI is InChI=1S/C17H18N4O4/c1-5-12-11(10-14(22-2)16(24-4)15(12)23-3)6-7-13(20-21-18)17-19-8-9-25-17/h1,8-10,13H,6-7H2,2-4H3/t13-/m0/s1. The average Bonchev–Trinajstić information content (AvgIpc) is 3.17. The fourth-order valence-corrected chi connectivity index (χ4v) is 2.55. The molecule has 8 heteroatoms. The largest absolute Gasteiger partial charge is 0.493 e. The van der Waals surface area contributed by atoms with Gasteiger partial charge in [0.15, 0.2) is 11.5 Å². The summed E-state index contributed by atoms with van der Waals surface area (Å²) in [5, 5.41) is 3.74. The van der Waals surface area contributed by atoms with Gasteiger partial charge < -0.3 is 18.6 Å². The first-order chi connectivity index (χ1) is 12.2. The number of hydrogen-bond acceptors (Lipinski definition) is 6. The maximum atomic E-state index is 8.77. The summed E-state index contributed by atoms with van der Waals surface area (Å²) in [4.78, 5) is 6.90. The smallest absolute Gasteiger partial charge is 0.204 e. The Labute approximate surface area is 145 Å². The van der Waals surface area contributed by atoms with Gasteiger partial charge in [-0.25, -0.2) is 4.98 Å². The molecule has 25 heavy (non-hydrogen) atoms. The molecule has 2 aromatic rings. The van der Waals surface area contributed by atoms with Crippen LogP contribution in [0.25, 0.3) is 10.4 Å². The van der Waals surface area contributed by atoms with E-state index in [4.69, 9.17) is 30.6 Å². The van der Waals surface area contributed by atoms with Gasteiger partial charge in [-0.05, 0) is 30.0 Å². The highest BCUT2D eigenvalue weighted by molar-refractivity contribution is 5.64. The van der Waals surface area contributed by atoms with Crippen LogP contribution in [0.4, 0.5) is 0 Å². The molecule has 1 aromatic carbocycles. The Kier molecular flexibility index (Phi) is 6.15. The van der Waals surface area contributed by atoms with E-state index in [1.807, 2.05) is 0 Å². The molecular formula is C17H18N4O4. The molecule has 0 fully saturated rings. The number of aryl methyl sites for hydroxylation is 1. The molecule has 130 valence electrons. The summed E-state index contributed by atoms with van der Waals surface area (Å²) >= 11 is 0. The van der Waals surface area contributed by atoms with Crippen LogP contribution in [0, 0.1) is 12.3 Å². The second-order valence-corrected chi connectivity index (χ2v) is 4.95. The number of hydrogen-bond donors (Lipinski definition) is 0. The molecule has 8 nitrogen and oxygen atoms in total. The van der Waals surface area contributed by atoms with E-state index in [1.165, 1.54) is 33.8 Å². The van der Waals surface area contributed by atoms with Crippen LogP contribution < -0.4 is 14.2 Å². The van der Waals surface area contributed by atoms with Crippen LogP contribution in [0.5, 0.6) is 17.2 Å². The summed E-state index contributed by atoms with van der Waals surface area (Å²) in [7, 11) is 4.56. The Bertz CT molecular complexity index is 805. The third-order valence-electron chi connectivity index (χ3n) is 3.67. The lowest BCUT2D eigenvalue weighted by molar-refractivity contribution is 0.323. The minimum Gasteiger partial charge on any atom is -0.493 e. The highest BCUT2D eigenvalue weighted by Gasteiger charge is 2.21. The zero-order valence-corrected chi connectivity index (χ0v) is 14.2. The van der Waals surface area contributed by atoms with Gasteiger partial charge in [-0.15, -0.1) is 6.42 Å². The molecule has 1 heterocycles. The fourth-order valence-electron chi connectivity index (χ4n) is 2.55. The average molecular weight is 342 g/mol. The molecule has 0 radical (unpaired) electrons. The summed E-state index contributed by atoms with van der Waals surface area (Å²) in [6, 6.07) is 1.25. The van der Waals surface area contributed by atoms with Crippen molar-refractivity contribution in [1.82, 2.24) is 4.98 Å². The van der Waals surface area contributed by atoms with E-state index in [-0.39, 0.29) is 0 Å². The van der Waals surface area contributed by atoms with Gasteiger partial charge in [0.1, 0.15) is 12.3 Å². The number of rotatable bonds is 8. The zero-order chi connectivity index (χ0) is 18.2. The normalized spacial score (nSPS) is 11.1. The minimum absolute atomic E-state index is 0.354. The van der Waals surface area contributed by atoms with Crippen molar-refractivity contribution in [3.63, 3.8) is 0 Å². The van der Waals surface area contributed by atoms with Gasteiger partial charge in [-0.2, -0.15) is 0 Å². The SMILES string of the molecule is C#Cc1c(CC[C@H](N=[N+]=[N-])c2ncco2)cc(OC)c(OC)c1OC. The van der Waals surface area contributed by atoms with Gasteiger partial charge in [0.25, 0.3) is 0 Å². The highest BCUT2D eigenvalue weighted by Crippen LogP contribution is 2.42. The second-order valence-electron chi connectivity index (χ2n) is 4.95. The highest BCUT2D eigenvalue weighted by atomic mass is 16.5. The lowest BCUT2D eigenvalue weighted by Gasteiger charge is -2.17.